The second-order valence-corrected chi connectivity index (χ2v) is 2.71. The molecule has 0 aliphatic rings. The molecule has 0 aliphatic heterocycles. The van der Waals surface area contributed by atoms with Gasteiger partial charge >= 0.3 is 5.97 Å². The Labute approximate surface area is 80.1 Å². The minimum Gasteiger partial charge on any atom is -0.491 e. The van der Waals surface area contributed by atoms with E-state index in [1.54, 1.807) is 0 Å². The van der Waals surface area contributed by atoms with Crippen LogP contribution >= 0.6 is 0 Å². The molecule has 0 saturated heterocycles. The molecule has 0 spiro atoms. The van der Waals surface area contributed by atoms with Gasteiger partial charge in [-0.2, -0.15) is 0 Å². The highest BCUT2D eigenvalue weighted by molar-refractivity contribution is 5.73. The van der Waals surface area contributed by atoms with E-state index in [0.29, 0.717) is 0 Å². The third kappa shape index (κ3) is 3.02. The van der Waals surface area contributed by atoms with Gasteiger partial charge in [0.15, 0.2) is 0 Å². The van der Waals surface area contributed by atoms with E-state index < -0.39 is 17.8 Å². The number of benzene rings is 1. The third-order valence-corrected chi connectivity index (χ3v) is 1.54. The minimum absolute atomic E-state index is 0.182. The summed E-state index contributed by atoms with van der Waals surface area (Å²) in [7, 11) is 0. The van der Waals surface area contributed by atoms with Crippen LogP contribution < -0.4 is 10.5 Å². The van der Waals surface area contributed by atoms with E-state index in [1.807, 2.05) is 0 Å². The molecular weight excluding hydrogens is 189 g/mol. The van der Waals surface area contributed by atoms with Crippen LogP contribution in [0.2, 0.25) is 0 Å². The fourth-order valence-electron chi connectivity index (χ4n) is 0.814. The van der Waals surface area contributed by atoms with Gasteiger partial charge in [0, 0.05) is 6.07 Å². The molecule has 14 heavy (non-hydrogen) atoms. The molecule has 0 heterocycles. The van der Waals surface area contributed by atoms with Crippen LogP contribution in [-0.2, 0) is 4.79 Å². The molecule has 1 rings (SSSR count). The van der Waals surface area contributed by atoms with Gasteiger partial charge in [-0.15, -0.1) is 0 Å². The van der Waals surface area contributed by atoms with Gasteiger partial charge in [0.25, 0.3) is 0 Å². The second kappa shape index (κ2) is 4.57. The van der Waals surface area contributed by atoms with E-state index in [-0.39, 0.29) is 12.4 Å². The molecule has 1 aromatic carbocycles. The quantitative estimate of drug-likeness (QED) is 0.745. The maximum absolute atomic E-state index is 12.6. The number of nitrogens with two attached hydrogens (primary N) is 1. The lowest BCUT2D eigenvalue weighted by Crippen LogP contribution is -2.36. The lowest BCUT2D eigenvalue weighted by Gasteiger charge is -2.08. The molecule has 0 aromatic heterocycles. The van der Waals surface area contributed by atoms with Crippen LogP contribution in [0.5, 0.6) is 5.75 Å². The van der Waals surface area contributed by atoms with E-state index in [1.165, 1.54) is 18.2 Å². The average molecular weight is 199 g/mol. The molecule has 0 saturated carbocycles. The number of halogens is 1. The Hall–Kier alpha value is -1.62. The Balaban J connectivity index is 2.49. The van der Waals surface area contributed by atoms with E-state index in [2.05, 4.69) is 0 Å². The third-order valence-electron chi connectivity index (χ3n) is 1.54. The monoisotopic (exact) mass is 199 g/mol. The fourth-order valence-corrected chi connectivity index (χ4v) is 0.814. The zero-order chi connectivity index (χ0) is 10.6. The van der Waals surface area contributed by atoms with E-state index in [9.17, 15) is 9.18 Å². The first-order valence-corrected chi connectivity index (χ1v) is 3.96. The molecule has 0 bridgehead atoms. The van der Waals surface area contributed by atoms with E-state index in [4.69, 9.17) is 15.6 Å². The topological polar surface area (TPSA) is 72.5 Å². The predicted molar refractivity (Wildman–Crippen MR) is 47.5 cm³/mol. The van der Waals surface area contributed by atoms with Crippen molar-refractivity contribution in [1.82, 2.24) is 0 Å². The summed E-state index contributed by atoms with van der Waals surface area (Å²) in [4.78, 5) is 10.3. The maximum atomic E-state index is 12.6. The molecular formula is C9H10FNO3. The molecule has 0 aliphatic carbocycles. The number of carboxylic acids is 1. The van der Waals surface area contributed by atoms with Crippen molar-refractivity contribution in [2.24, 2.45) is 5.73 Å². The number of carbonyl (C=O) groups is 1. The Morgan fingerprint density at radius 2 is 2.36 bits per heavy atom. The number of aliphatic carboxylic acids is 1. The van der Waals surface area contributed by atoms with Crippen LogP contribution in [-0.4, -0.2) is 23.7 Å². The van der Waals surface area contributed by atoms with Gasteiger partial charge in [0.1, 0.15) is 24.2 Å². The Bertz CT molecular complexity index is 330. The average Bonchev–Trinajstić information content (AvgIpc) is 2.14. The highest BCUT2D eigenvalue weighted by atomic mass is 19.1. The zero-order valence-electron chi connectivity index (χ0n) is 7.31. The molecule has 1 atom stereocenters. The summed E-state index contributed by atoms with van der Waals surface area (Å²) in [5.74, 6) is -1.32. The highest BCUT2D eigenvalue weighted by Gasteiger charge is 2.11. The SMILES string of the molecule is NC(COc1cccc(F)c1)C(=O)O. The fraction of sp³-hybridized carbons (Fsp3) is 0.222. The van der Waals surface area contributed by atoms with Gasteiger partial charge in [0.2, 0.25) is 0 Å². The van der Waals surface area contributed by atoms with Crippen molar-refractivity contribution in [2.45, 2.75) is 6.04 Å². The van der Waals surface area contributed by atoms with Crippen molar-refractivity contribution >= 4 is 5.97 Å². The summed E-state index contributed by atoms with van der Waals surface area (Å²) in [6, 6.07) is 4.32. The minimum atomic E-state index is -1.15. The Morgan fingerprint density at radius 3 is 2.93 bits per heavy atom. The molecule has 76 valence electrons. The van der Waals surface area contributed by atoms with Gasteiger partial charge in [-0.1, -0.05) is 6.07 Å². The predicted octanol–water partition coefficient (Wildman–Crippen LogP) is 0.616. The van der Waals surface area contributed by atoms with Gasteiger partial charge in [-0.25, -0.2) is 4.39 Å². The molecule has 0 amide bonds. The summed E-state index contributed by atoms with van der Waals surface area (Å²) >= 11 is 0. The number of hydrogen-bond acceptors (Lipinski definition) is 3. The number of hydrogen-bond donors (Lipinski definition) is 2. The summed E-state index contributed by atoms with van der Waals surface area (Å²) in [6.07, 6.45) is 0. The second-order valence-electron chi connectivity index (χ2n) is 2.71. The zero-order valence-corrected chi connectivity index (χ0v) is 7.31. The summed E-state index contributed by atoms with van der Waals surface area (Å²) in [5.41, 5.74) is 5.18. The maximum Gasteiger partial charge on any atom is 0.324 e. The van der Waals surface area contributed by atoms with Gasteiger partial charge < -0.3 is 15.6 Å². The van der Waals surface area contributed by atoms with Crippen molar-refractivity contribution in [3.05, 3.63) is 30.1 Å². The van der Waals surface area contributed by atoms with Crippen molar-refractivity contribution in [3.63, 3.8) is 0 Å². The molecule has 0 radical (unpaired) electrons. The lowest BCUT2D eigenvalue weighted by atomic mass is 10.3. The molecule has 1 unspecified atom stereocenters. The summed E-state index contributed by atoms with van der Waals surface area (Å²) in [5, 5.41) is 8.44. The lowest BCUT2D eigenvalue weighted by molar-refractivity contribution is -0.139. The molecule has 0 fully saturated rings. The number of carboxylic acid groups (broad SMARTS) is 1. The van der Waals surface area contributed by atoms with Crippen LogP contribution in [0.4, 0.5) is 4.39 Å². The first kappa shape index (κ1) is 10.5. The van der Waals surface area contributed by atoms with Crippen LogP contribution in [0.15, 0.2) is 24.3 Å². The standard InChI is InChI=1S/C9H10FNO3/c10-6-2-1-3-7(4-6)14-5-8(11)9(12)13/h1-4,8H,5,11H2,(H,12,13). The highest BCUT2D eigenvalue weighted by Crippen LogP contribution is 2.11. The van der Waals surface area contributed by atoms with Gasteiger partial charge in [-0.3, -0.25) is 4.79 Å². The van der Waals surface area contributed by atoms with Crippen LogP contribution in [0, 0.1) is 5.82 Å². The van der Waals surface area contributed by atoms with E-state index >= 15 is 0 Å². The largest absolute Gasteiger partial charge is 0.491 e. The van der Waals surface area contributed by atoms with Crippen molar-refractivity contribution in [1.29, 1.82) is 0 Å². The molecule has 3 N–H and O–H groups in total. The normalized spacial score (nSPS) is 12.1. The van der Waals surface area contributed by atoms with E-state index in [0.717, 1.165) is 6.07 Å². The van der Waals surface area contributed by atoms with Crippen LogP contribution in [0.3, 0.4) is 0 Å². The van der Waals surface area contributed by atoms with Gasteiger partial charge in [-0.05, 0) is 12.1 Å². The number of ether oxygens (including phenoxy) is 1. The molecule has 4 nitrogen and oxygen atoms in total. The summed E-state index contributed by atoms with van der Waals surface area (Å²) < 4.78 is 17.6. The van der Waals surface area contributed by atoms with Crippen LogP contribution in [0.1, 0.15) is 0 Å². The molecule has 5 heteroatoms. The Kier molecular flexibility index (Phi) is 3.41. The Morgan fingerprint density at radius 1 is 1.64 bits per heavy atom. The van der Waals surface area contributed by atoms with Crippen LogP contribution in [0.25, 0.3) is 0 Å². The first-order valence-electron chi connectivity index (χ1n) is 3.96. The number of rotatable bonds is 4. The van der Waals surface area contributed by atoms with Crippen molar-refractivity contribution < 1.29 is 19.0 Å². The smallest absolute Gasteiger partial charge is 0.324 e. The molecule has 1 aromatic rings. The summed E-state index contributed by atoms with van der Waals surface area (Å²) in [6.45, 7) is -0.182. The first-order chi connectivity index (χ1) is 6.59. The van der Waals surface area contributed by atoms with Crippen molar-refractivity contribution in [2.75, 3.05) is 6.61 Å². The van der Waals surface area contributed by atoms with Gasteiger partial charge in [0.05, 0.1) is 0 Å². The van der Waals surface area contributed by atoms with Crippen molar-refractivity contribution in [3.8, 4) is 5.75 Å².